The van der Waals surface area contributed by atoms with E-state index >= 15 is 0 Å². The number of halogens is 1. The summed E-state index contributed by atoms with van der Waals surface area (Å²) < 4.78 is 0. The van der Waals surface area contributed by atoms with Gasteiger partial charge in [-0.25, -0.2) is 0 Å². The van der Waals surface area contributed by atoms with Crippen molar-refractivity contribution in [2.24, 2.45) is 0 Å². The van der Waals surface area contributed by atoms with E-state index in [9.17, 15) is 0 Å². The van der Waals surface area contributed by atoms with Crippen LogP contribution >= 0.6 is 11.6 Å². The van der Waals surface area contributed by atoms with E-state index in [-0.39, 0.29) is 0 Å². The molecule has 0 aliphatic heterocycles. The smallest absolute Gasteiger partial charge is 0.0412 e. The van der Waals surface area contributed by atoms with E-state index in [1.807, 2.05) is 30.3 Å². The Morgan fingerprint density at radius 3 is 2.64 bits per heavy atom. The van der Waals surface area contributed by atoms with Gasteiger partial charge in [0, 0.05) is 10.7 Å². The molecular formula is C12H12ClN. The van der Waals surface area contributed by atoms with Gasteiger partial charge in [-0.05, 0) is 41.0 Å². The minimum absolute atomic E-state index is 0.762. The highest BCUT2D eigenvalue weighted by Crippen LogP contribution is 2.27. The maximum absolute atomic E-state index is 5.96. The predicted octanol–water partition coefficient (Wildman–Crippen LogP) is 3.64. The minimum atomic E-state index is 0.762. The Morgan fingerprint density at radius 2 is 1.93 bits per heavy atom. The lowest BCUT2D eigenvalue weighted by Gasteiger charge is -2.07. The van der Waals surface area contributed by atoms with Gasteiger partial charge >= 0.3 is 0 Å². The van der Waals surface area contributed by atoms with Crippen LogP contribution < -0.4 is 5.73 Å². The summed E-state index contributed by atoms with van der Waals surface area (Å²) in [4.78, 5) is 0. The second kappa shape index (κ2) is 3.50. The topological polar surface area (TPSA) is 26.0 Å². The fraction of sp³-hybridized carbons (Fsp3) is 0.167. The van der Waals surface area contributed by atoms with Crippen LogP contribution in [-0.2, 0) is 6.42 Å². The average molecular weight is 206 g/mol. The molecule has 0 aliphatic carbocycles. The van der Waals surface area contributed by atoms with Gasteiger partial charge in [0.25, 0.3) is 0 Å². The third-order valence-electron chi connectivity index (χ3n) is 2.48. The number of hydrogen-bond donors (Lipinski definition) is 1. The maximum Gasteiger partial charge on any atom is 0.0412 e. The van der Waals surface area contributed by atoms with Crippen molar-refractivity contribution in [3.8, 4) is 0 Å². The molecule has 0 spiro atoms. The Hall–Kier alpha value is -1.21. The lowest BCUT2D eigenvalue weighted by molar-refractivity contribution is 1.16. The van der Waals surface area contributed by atoms with Crippen molar-refractivity contribution in [2.75, 3.05) is 5.73 Å². The van der Waals surface area contributed by atoms with E-state index in [1.165, 1.54) is 16.3 Å². The summed E-state index contributed by atoms with van der Waals surface area (Å²) in [7, 11) is 0. The Balaban J connectivity index is 2.84. The zero-order chi connectivity index (χ0) is 10.1. The van der Waals surface area contributed by atoms with Gasteiger partial charge in [-0.15, -0.1) is 0 Å². The zero-order valence-electron chi connectivity index (χ0n) is 8.05. The van der Waals surface area contributed by atoms with Crippen molar-refractivity contribution < 1.29 is 0 Å². The molecule has 0 atom stereocenters. The average Bonchev–Trinajstić information content (AvgIpc) is 2.17. The maximum atomic E-state index is 5.96. The van der Waals surface area contributed by atoms with E-state index in [1.54, 1.807) is 0 Å². The quantitative estimate of drug-likeness (QED) is 0.707. The molecule has 1 nitrogen and oxygen atoms in total. The number of aryl methyl sites for hydroxylation is 1. The number of anilines is 1. The van der Waals surface area contributed by atoms with Gasteiger partial charge in [-0.1, -0.05) is 30.7 Å². The first kappa shape index (κ1) is 9.35. The van der Waals surface area contributed by atoms with Crippen LogP contribution in [0.3, 0.4) is 0 Å². The van der Waals surface area contributed by atoms with Crippen LogP contribution in [0.4, 0.5) is 5.69 Å². The first-order chi connectivity index (χ1) is 6.72. The zero-order valence-corrected chi connectivity index (χ0v) is 8.81. The Bertz CT molecular complexity index is 472. The van der Waals surface area contributed by atoms with Crippen molar-refractivity contribution in [1.29, 1.82) is 0 Å². The van der Waals surface area contributed by atoms with Gasteiger partial charge in [0.1, 0.15) is 0 Å². The lowest BCUT2D eigenvalue weighted by Crippen LogP contribution is -1.93. The SMILES string of the molecule is CCc1c(N)ccc2ccc(Cl)cc12. The minimum Gasteiger partial charge on any atom is -0.398 e. The molecule has 0 radical (unpaired) electrons. The van der Waals surface area contributed by atoms with Crippen LogP contribution in [0.1, 0.15) is 12.5 Å². The molecule has 0 bridgehead atoms. The molecule has 0 heterocycles. The van der Waals surface area contributed by atoms with Gasteiger partial charge in [0.2, 0.25) is 0 Å². The third kappa shape index (κ3) is 1.44. The van der Waals surface area contributed by atoms with Gasteiger partial charge in [-0.2, -0.15) is 0 Å². The molecule has 2 N–H and O–H groups in total. The van der Waals surface area contributed by atoms with Gasteiger partial charge in [0.15, 0.2) is 0 Å². The van der Waals surface area contributed by atoms with E-state index in [0.717, 1.165) is 17.1 Å². The van der Waals surface area contributed by atoms with Crippen LogP contribution in [-0.4, -0.2) is 0 Å². The number of fused-ring (bicyclic) bond motifs is 1. The fourth-order valence-electron chi connectivity index (χ4n) is 1.77. The number of nitrogen functional groups attached to an aromatic ring is 1. The van der Waals surface area contributed by atoms with Crippen LogP contribution in [0, 0.1) is 0 Å². The molecule has 2 aromatic carbocycles. The first-order valence-corrected chi connectivity index (χ1v) is 5.06. The van der Waals surface area contributed by atoms with Gasteiger partial charge < -0.3 is 5.73 Å². The number of hydrogen-bond acceptors (Lipinski definition) is 1. The molecule has 2 rings (SSSR count). The normalized spacial score (nSPS) is 10.7. The Kier molecular flexibility index (Phi) is 2.34. The van der Waals surface area contributed by atoms with Crippen LogP contribution in [0.2, 0.25) is 5.02 Å². The third-order valence-corrected chi connectivity index (χ3v) is 2.72. The molecule has 14 heavy (non-hydrogen) atoms. The van der Waals surface area contributed by atoms with Crippen molar-refractivity contribution in [3.63, 3.8) is 0 Å². The molecule has 0 unspecified atom stereocenters. The summed E-state index contributed by atoms with van der Waals surface area (Å²) in [6.07, 6.45) is 0.934. The number of benzene rings is 2. The summed E-state index contributed by atoms with van der Waals surface area (Å²) >= 11 is 5.96. The van der Waals surface area contributed by atoms with E-state index in [0.29, 0.717) is 0 Å². The van der Waals surface area contributed by atoms with Gasteiger partial charge in [-0.3, -0.25) is 0 Å². The molecular weight excluding hydrogens is 194 g/mol. The van der Waals surface area contributed by atoms with E-state index in [4.69, 9.17) is 17.3 Å². The molecule has 0 aliphatic rings. The first-order valence-electron chi connectivity index (χ1n) is 4.69. The summed E-state index contributed by atoms with van der Waals surface area (Å²) in [5.41, 5.74) is 7.94. The second-order valence-corrected chi connectivity index (χ2v) is 3.79. The number of rotatable bonds is 1. The van der Waals surface area contributed by atoms with E-state index in [2.05, 4.69) is 6.92 Å². The molecule has 2 aromatic rings. The predicted molar refractivity (Wildman–Crippen MR) is 62.7 cm³/mol. The second-order valence-electron chi connectivity index (χ2n) is 3.35. The fourth-order valence-corrected chi connectivity index (χ4v) is 1.94. The van der Waals surface area contributed by atoms with Crippen molar-refractivity contribution in [1.82, 2.24) is 0 Å². The van der Waals surface area contributed by atoms with Crippen molar-refractivity contribution in [2.45, 2.75) is 13.3 Å². The molecule has 0 saturated carbocycles. The molecule has 72 valence electrons. The standard InChI is InChI=1S/C12H12ClN/c1-2-10-11-7-9(13)5-3-8(11)4-6-12(10)14/h3-7H,2,14H2,1H3. The monoisotopic (exact) mass is 205 g/mol. The number of nitrogens with two attached hydrogens (primary N) is 1. The molecule has 0 aromatic heterocycles. The van der Waals surface area contributed by atoms with Crippen LogP contribution in [0.15, 0.2) is 30.3 Å². The molecule has 0 amide bonds. The summed E-state index contributed by atoms with van der Waals surface area (Å²) in [5, 5.41) is 3.12. The molecule has 0 fully saturated rings. The summed E-state index contributed by atoms with van der Waals surface area (Å²) in [6, 6.07) is 9.89. The highest BCUT2D eigenvalue weighted by atomic mass is 35.5. The van der Waals surface area contributed by atoms with Crippen molar-refractivity contribution >= 4 is 28.1 Å². The highest BCUT2D eigenvalue weighted by molar-refractivity contribution is 6.31. The van der Waals surface area contributed by atoms with Gasteiger partial charge in [0.05, 0.1) is 0 Å². The Morgan fingerprint density at radius 1 is 1.21 bits per heavy atom. The summed E-state index contributed by atoms with van der Waals surface area (Å²) in [5.74, 6) is 0. The highest BCUT2D eigenvalue weighted by Gasteiger charge is 2.03. The summed E-state index contributed by atoms with van der Waals surface area (Å²) in [6.45, 7) is 2.10. The lowest BCUT2D eigenvalue weighted by atomic mass is 10.0. The molecule has 2 heteroatoms. The largest absolute Gasteiger partial charge is 0.398 e. The molecule has 0 saturated heterocycles. The van der Waals surface area contributed by atoms with Crippen LogP contribution in [0.5, 0.6) is 0 Å². The van der Waals surface area contributed by atoms with Crippen molar-refractivity contribution in [3.05, 3.63) is 40.9 Å². The van der Waals surface area contributed by atoms with E-state index < -0.39 is 0 Å². The Labute approximate surface area is 88.5 Å². The van der Waals surface area contributed by atoms with Crippen LogP contribution in [0.25, 0.3) is 10.8 Å².